The van der Waals surface area contributed by atoms with Gasteiger partial charge >= 0.3 is 5.97 Å². The third kappa shape index (κ3) is 2.18. The first-order chi connectivity index (χ1) is 9.21. The highest BCUT2D eigenvalue weighted by molar-refractivity contribution is 9.10. The molecular formula is C15H22BrNO3. The molecular weight excluding hydrogens is 322 g/mol. The molecule has 2 N–H and O–H groups in total. The van der Waals surface area contributed by atoms with Crippen LogP contribution in [0.15, 0.2) is 0 Å². The molecule has 0 saturated heterocycles. The minimum absolute atomic E-state index is 0.0133. The van der Waals surface area contributed by atoms with E-state index < -0.39 is 15.7 Å². The Bertz CT molecular complexity index is 441. The lowest BCUT2D eigenvalue weighted by molar-refractivity contribution is -0.167. The Morgan fingerprint density at radius 1 is 1.20 bits per heavy atom. The number of halogens is 1. The molecule has 4 saturated carbocycles. The van der Waals surface area contributed by atoms with Crippen molar-refractivity contribution in [1.29, 1.82) is 0 Å². The maximum absolute atomic E-state index is 12.2. The van der Waals surface area contributed by atoms with Crippen LogP contribution < -0.4 is 5.32 Å². The van der Waals surface area contributed by atoms with E-state index in [4.69, 9.17) is 0 Å². The molecule has 4 aliphatic carbocycles. The van der Waals surface area contributed by atoms with E-state index >= 15 is 0 Å². The van der Waals surface area contributed by atoms with Gasteiger partial charge < -0.3 is 10.4 Å². The Labute approximate surface area is 127 Å². The van der Waals surface area contributed by atoms with Crippen LogP contribution in [0.3, 0.4) is 0 Å². The summed E-state index contributed by atoms with van der Waals surface area (Å²) < 4.78 is -0.563. The van der Waals surface area contributed by atoms with Gasteiger partial charge in [0.25, 0.3) is 0 Å². The van der Waals surface area contributed by atoms with Crippen LogP contribution in [0.1, 0.15) is 46.0 Å². The van der Waals surface area contributed by atoms with Gasteiger partial charge in [-0.2, -0.15) is 0 Å². The molecule has 4 fully saturated rings. The Balaban J connectivity index is 1.78. The first kappa shape index (κ1) is 14.4. The Morgan fingerprint density at radius 2 is 1.75 bits per heavy atom. The van der Waals surface area contributed by atoms with Crippen LogP contribution in [0.4, 0.5) is 0 Å². The third-order valence-corrected chi connectivity index (χ3v) is 5.92. The molecule has 4 nitrogen and oxygen atoms in total. The Kier molecular flexibility index (Phi) is 3.20. The fraction of sp³-hybridized carbons (Fsp3) is 0.867. The van der Waals surface area contributed by atoms with Crippen molar-refractivity contribution in [1.82, 2.24) is 5.32 Å². The van der Waals surface area contributed by atoms with Gasteiger partial charge in [0.1, 0.15) is 0 Å². The van der Waals surface area contributed by atoms with Crippen LogP contribution in [0.5, 0.6) is 0 Å². The molecule has 2 atom stereocenters. The van der Waals surface area contributed by atoms with Gasteiger partial charge in [-0.05, 0) is 63.7 Å². The number of hydrogen-bond donors (Lipinski definition) is 2. The van der Waals surface area contributed by atoms with Crippen molar-refractivity contribution in [2.75, 3.05) is 0 Å². The topological polar surface area (TPSA) is 66.4 Å². The van der Waals surface area contributed by atoms with Gasteiger partial charge in [0.05, 0.1) is 9.74 Å². The molecule has 0 aromatic carbocycles. The number of carboxylic acids is 1. The minimum atomic E-state index is -0.623. The van der Waals surface area contributed by atoms with Gasteiger partial charge in [-0.3, -0.25) is 9.59 Å². The van der Waals surface area contributed by atoms with Crippen LogP contribution >= 0.6 is 15.9 Å². The third-order valence-electron chi connectivity index (χ3n) is 5.56. The molecule has 0 aliphatic heterocycles. The van der Waals surface area contributed by atoms with Crippen LogP contribution in [-0.2, 0) is 9.59 Å². The summed E-state index contributed by atoms with van der Waals surface area (Å²) in [5.74, 6) is 0.628. The van der Waals surface area contributed by atoms with Gasteiger partial charge in [0.2, 0.25) is 5.91 Å². The quantitative estimate of drug-likeness (QED) is 0.774. The molecule has 0 aromatic heterocycles. The number of alkyl halides is 1. The molecule has 4 aliphatic rings. The number of rotatable bonds is 3. The molecule has 2 unspecified atom stereocenters. The van der Waals surface area contributed by atoms with Crippen LogP contribution in [-0.4, -0.2) is 27.3 Å². The number of carbonyl (C=O) groups is 2. The minimum Gasteiger partial charge on any atom is -0.481 e. The summed E-state index contributed by atoms with van der Waals surface area (Å²) in [6.45, 7) is 3.69. The standard InChI is InChI=1S/C15H22BrNO3/c1-14(2,16)12(18)17-11-9-3-8-4-10(11)7-15(5-8,6-9)13(19)20/h8-11H,3-7H2,1-2H3,(H,17,18)(H,19,20). The van der Waals surface area contributed by atoms with Crippen molar-refractivity contribution in [2.24, 2.45) is 23.2 Å². The molecule has 0 heterocycles. The number of carboxylic acid groups (broad SMARTS) is 1. The van der Waals surface area contributed by atoms with Crippen molar-refractivity contribution in [3.8, 4) is 0 Å². The van der Waals surface area contributed by atoms with Crippen molar-refractivity contribution in [3.05, 3.63) is 0 Å². The van der Waals surface area contributed by atoms with E-state index in [2.05, 4.69) is 21.2 Å². The summed E-state index contributed by atoms with van der Waals surface area (Å²) in [7, 11) is 0. The molecule has 0 spiro atoms. The smallest absolute Gasteiger partial charge is 0.309 e. The zero-order chi connectivity index (χ0) is 14.7. The lowest BCUT2D eigenvalue weighted by atomic mass is 9.48. The summed E-state index contributed by atoms with van der Waals surface area (Å²) in [4.78, 5) is 23.8. The zero-order valence-corrected chi connectivity index (χ0v) is 13.6. The zero-order valence-electron chi connectivity index (χ0n) is 12.0. The van der Waals surface area contributed by atoms with E-state index in [1.165, 1.54) is 0 Å². The number of carbonyl (C=O) groups excluding carboxylic acids is 1. The van der Waals surface area contributed by atoms with Crippen molar-refractivity contribution < 1.29 is 14.7 Å². The van der Waals surface area contributed by atoms with Gasteiger partial charge in [-0.1, -0.05) is 15.9 Å². The molecule has 5 heteroatoms. The molecule has 4 bridgehead atoms. The second-order valence-electron chi connectivity index (χ2n) is 7.53. The highest BCUT2D eigenvalue weighted by atomic mass is 79.9. The Morgan fingerprint density at radius 3 is 2.20 bits per heavy atom. The normalized spacial score (nSPS) is 42.5. The Hall–Kier alpha value is -0.580. The van der Waals surface area contributed by atoms with E-state index in [0.717, 1.165) is 32.1 Å². The maximum atomic E-state index is 12.2. The van der Waals surface area contributed by atoms with Gasteiger partial charge in [0, 0.05) is 6.04 Å². The van der Waals surface area contributed by atoms with Crippen molar-refractivity contribution in [2.45, 2.75) is 56.3 Å². The average Bonchev–Trinajstić information content (AvgIpc) is 2.31. The van der Waals surface area contributed by atoms with E-state index in [0.29, 0.717) is 17.8 Å². The lowest BCUT2D eigenvalue weighted by Crippen LogP contribution is -2.62. The van der Waals surface area contributed by atoms with E-state index in [1.54, 1.807) is 0 Å². The highest BCUT2D eigenvalue weighted by Gasteiger charge is 2.59. The van der Waals surface area contributed by atoms with Crippen LogP contribution in [0.25, 0.3) is 0 Å². The lowest BCUT2D eigenvalue weighted by Gasteiger charge is -2.58. The monoisotopic (exact) mass is 343 g/mol. The maximum Gasteiger partial charge on any atom is 0.309 e. The summed E-state index contributed by atoms with van der Waals surface area (Å²) in [5.41, 5.74) is -0.498. The van der Waals surface area contributed by atoms with Crippen molar-refractivity contribution in [3.63, 3.8) is 0 Å². The predicted octanol–water partition coefficient (Wildman–Crippen LogP) is 2.56. The van der Waals surface area contributed by atoms with E-state index in [1.807, 2.05) is 13.8 Å². The number of hydrogen-bond acceptors (Lipinski definition) is 2. The first-order valence-electron chi connectivity index (χ1n) is 7.44. The molecule has 20 heavy (non-hydrogen) atoms. The molecule has 112 valence electrons. The SMILES string of the molecule is CC(C)(Br)C(=O)NC1C2CC3CC1CC(C(=O)O)(C3)C2. The van der Waals surface area contributed by atoms with Gasteiger partial charge in [-0.25, -0.2) is 0 Å². The summed E-state index contributed by atoms with van der Waals surface area (Å²) in [5, 5.41) is 12.8. The second-order valence-corrected chi connectivity index (χ2v) is 9.51. The second kappa shape index (κ2) is 4.46. The fourth-order valence-electron chi connectivity index (χ4n) is 4.84. The summed E-state index contributed by atoms with van der Waals surface area (Å²) >= 11 is 3.40. The van der Waals surface area contributed by atoms with Crippen molar-refractivity contribution >= 4 is 27.8 Å². The molecule has 0 aromatic rings. The van der Waals surface area contributed by atoms with E-state index in [-0.39, 0.29) is 11.9 Å². The highest BCUT2D eigenvalue weighted by Crippen LogP contribution is 2.60. The molecule has 0 radical (unpaired) electrons. The average molecular weight is 344 g/mol. The fourth-order valence-corrected chi connectivity index (χ4v) is 4.96. The first-order valence-corrected chi connectivity index (χ1v) is 8.24. The van der Waals surface area contributed by atoms with Gasteiger partial charge in [0.15, 0.2) is 0 Å². The summed E-state index contributed by atoms with van der Waals surface area (Å²) in [6.07, 6.45) is 4.49. The number of amides is 1. The van der Waals surface area contributed by atoms with Crippen LogP contribution in [0, 0.1) is 23.2 Å². The van der Waals surface area contributed by atoms with Gasteiger partial charge in [-0.15, -0.1) is 0 Å². The number of aliphatic carboxylic acids is 1. The van der Waals surface area contributed by atoms with Crippen LogP contribution in [0.2, 0.25) is 0 Å². The van der Waals surface area contributed by atoms with E-state index in [9.17, 15) is 14.7 Å². The molecule has 4 rings (SSSR count). The summed E-state index contributed by atoms with van der Waals surface area (Å²) in [6, 6.07) is 0.170. The largest absolute Gasteiger partial charge is 0.481 e. The number of nitrogens with one attached hydrogen (secondary N) is 1. The predicted molar refractivity (Wildman–Crippen MR) is 78.6 cm³/mol. The molecule has 1 amide bonds.